The molecule has 1 aliphatic heterocycles. The summed E-state index contributed by atoms with van der Waals surface area (Å²) in [7, 11) is 0. The molecule has 9 nitrogen and oxygen atoms in total. The summed E-state index contributed by atoms with van der Waals surface area (Å²) >= 11 is 0. The number of nitrogens with one attached hydrogen (secondary N) is 2. The van der Waals surface area contributed by atoms with Gasteiger partial charge in [-0.05, 0) is 43.7 Å². The molecule has 2 N–H and O–H groups in total. The van der Waals surface area contributed by atoms with E-state index in [0.717, 1.165) is 22.6 Å². The molecule has 9 heteroatoms. The zero-order valence-corrected chi connectivity index (χ0v) is 18.1. The number of ether oxygens (including phenoxy) is 1. The average Bonchev–Trinajstić information content (AvgIpc) is 3.11. The van der Waals surface area contributed by atoms with Gasteiger partial charge in [-0.1, -0.05) is 17.3 Å². The predicted molar refractivity (Wildman–Crippen MR) is 119 cm³/mol. The van der Waals surface area contributed by atoms with Gasteiger partial charge in [-0.3, -0.25) is 9.59 Å². The molecule has 0 atom stereocenters. The van der Waals surface area contributed by atoms with Crippen molar-refractivity contribution in [2.75, 3.05) is 29.9 Å². The van der Waals surface area contributed by atoms with E-state index in [9.17, 15) is 9.59 Å². The number of aromatic nitrogens is 2. The van der Waals surface area contributed by atoms with E-state index in [-0.39, 0.29) is 24.8 Å². The second-order valence-electron chi connectivity index (χ2n) is 7.64. The maximum absolute atomic E-state index is 12.4. The molecule has 3 heterocycles. The Morgan fingerprint density at radius 2 is 2.03 bits per heavy atom. The Kier molecular flexibility index (Phi) is 6.34. The summed E-state index contributed by atoms with van der Waals surface area (Å²) in [6.07, 6.45) is 1.84. The van der Waals surface area contributed by atoms with Crippen LogP contribution < -0.4 is 20.3 Å². The highest BCUT2D eigenvalue weighted by atomic mass is 16.5. The number of carbonyl (C=O) groups excluding carboxylic acids is 2. The zero-order valence-electron chi connectivity index (χ0n) is 18.1. The Bertz CT molecular complexity index is 1070. The number of anilines is 2. The smallest absolute Gasteiger partial charge is 0.239 e. The number of piperazine rings is 1. The van der Waals surface area contributed by atoms with Crippen LogP contribution in [-0.4, -0.2) is 41.6 Å². The molecule has 4 rings (SSSR count). The minimum atomic E-state index is -0.138. The Hall–Kier alpha value is -3.88. The van der Waals surface area contributed by atoms with Gasteiger partial charge in [0.2, 0.25) is 11.8 Å². The first-order valence-corrected chi connectivity index (χ1v) is 10.4. The molecule has 3 aromatic rings. The summed E-state index contributed by atoms with van der Waals surface area (Å²) in [6, 6.07) is 11.0. The fourth-order valence-electron chi connectivity index (χ4n) is 3.44. The highest BCUT2D eigenvalue weighted by Crippen LogP contribution is 2.19. The van der Waals surface area contributed by atoms with Crippen molar-refractivity contribution < 1.29 is 18.8 Å². The molecule has 32 heavy (non-hydrogen) atoms. The molecule has 0 unspecified atom stereocenters. The molecule has 1 aromatic carbocycles. The van der Waals surface area contributed by atoms with Crippen molar-refractivity contribution in [3.8, 4) is 5.75 Å². The van der Waals surface area contributed by atoms with Crippen molar-refractivity contribution in [2.45, 2.75) is 26.9 Å². The standard InChI is InChI=1S/C23H25N5O4/c1-15-20(16(2)32-27-15)14-31-19-6-3-17(4-7-19)11-22(29)26-18-5-8-21(25-12-18)28-10-9-24-23(30)13-28/h3-8,12H,9-11,13-14H2,1-2H3,(H,24,30)(H,26,29). The summed E-state index contributed by atoms with van der Waals surface area (Å²) in [5, 5.41) is 9.56. The Morgan fingerprint density at radius 1 is 1.22 bits per heavy atom. The minimum Gasteiger partial charge on any atom is -0.489 e. The van der Waals surface area contributed by atoms with Crippen molar-refractivity contribution in [3.63, 3.8) is 0 Å². The third-order valence-electron chi connectivity index (χ3n) is 5.25. The quantitative estimate of drug-likeness (QED) is 0.586. The number of benzene rings is 1. The summed E-state index contributed by atoms with van der Waals surface area (Å²) in [4.78, 5) is 30.2. The van der Waals surface area contributed by atoms with Crippen molar-refractivity contribution in [2.24, 2.45) is 0 Å². The number of hydrogen-bond donors (Lipinski definition) is 2. The molecule has 0 bridgehead atoms. The molecule has 0 radical (unpaired) electrons. The number of aryl methyl sites for hydroxylation is 2. The van der Waals surface area contributed by atoms with Gasteiger partial charge in [-0.15, -0.1) is 0 Å². The van der Waals surface area contributed by atoms with E-state index in [1.807, 2.05) is 43.0 Å². The summed E-state index contributed by atoms with van der Waals surface area (Å²) in [5.41, 5.74) is 3.24. The molecule has 0 aliphatic carbocycles. The Balaban J connectivity index is 1.28. The maximum atomic E-state index is 12.4. The van der Waals surface area contributed by atoms with Crippen LogP contribution in [0.25, 0.3) is 0 Å². The van der Waals surface area contributed by atoms with Crippen LogP contribution in [0.3, 0.4) is 0 Å². The van der Waals surface area contributed by atoms with Crippen molar-refractivity contribution in [1.82, 2.24) is 15.5 Å². The summed E-state index contributed by atoms with van der Waals surface area (Å²) in [6.45, 7) is 5.72. The Labute approximate surface area is 185 Å². The lowest BCUT2D eigenvalue weighted by Crippen LogP contribution is -2.48. The van der Waals surface area contributed by atoms with Gasteiger partial charge < -0.3 is 24.8 Å². The lowest BCUT2D eigenvalue weighted by Gasteiger charge is -2.27. The first-order chi connectivity index (χ1) is 15.5. The first-order valence-electron chi connectivity index (χ1n) is 10.4. The van der Waals surface area contributed by atoms with E-state index in [2.05, 4.69) is 20.8 Å². The average molecular weight is 435 g/mol. The van der Waals surface area contributed by atoms with Crippen LogP contribution in [0.15, 0.2) is 47.1 Å². The van der Waals surface area contributed by atoms with Crippen molar-refractivity contribution in [1.29, 1.82) is 0 Å². The fourth-order valence-corrected chi connectivity index (χ4v) is 3.44. The van der Waals surface area contributed by atoms with E-state index < -0.39 is 0 Å². The van der Waals surface area contributed by atoms with Gasteiger partial charge in [-0.25, -0.2) is 4.98 Å². The van der Waals surface area contributed by atoms with Gasteiger partial charge in [0, 0.05) is 13.1 Å². The molecule has 0 saturated carbocycles. The molecule has 1 aliphatic rings. The van der Waals surface area contributed by atoms with Crippen LogP contribution in [0, 0.1) is 13.8 Å². The van der Waals surface area contributed by atoms with Crippen LogP contribution in [0.4, 0.5) is 11.5 Å². The molecule has 1 saturated heterocycles. The van der Waals surface area contributed by atoms with Gasteiger partial charge in [0.15, 0.2) is 0 Å². The summed E-state index contributed by atoms with van der Waals surface area (Å²) in [5.74, 6) is 2.02. The third-order valence-corrected chi connectivity index (χ3v) is 5.25. The van der Waals surface area contributed by atoms with Gasteiger partial charge in [0.1, 0.15) is 23.9 Å². The largest absolute Gasteiger partial charge is 0.489 e. The van der Waals surface area contributed by atoms with Gasteiger partial charge in [0.25, 0.3) is 0 Å². The highest BCUT2D eigenvalue weighted by molar-refractivity contribution is 5.92. The third kappa shape index (κ3) is 5.23. The van der Waals surface area contributed by atoms with Crippen LogP contribution in [0.5, 0.6) is 5.75 Å². The number of pyridine rings is 1. The number of carbonyl (C=O) groups is 2. The molecule has 166 valence electrons. The van der Waals surface area contributed by atoms with Gasteiger partial charge >= 0.3 is 0 Å². The molecular weight excluding hydrogens is 410 g/mol. The van der Waals surface area contributed by atoms with Crippen LogP contribution in [0.2, 0.25) is 0 Å². The Morgan fingerprint density at radius 3 is 2.69 bits per heavy atom. The van der Waals surface area contributed by atoms with Crippen LogP contribution >= 0.6 is 0 Å². The van der Waals surface area contributed by atoms with E-state index in [1.165, 1.54) is 0 Å². The lowest BCUT2D eigenvalue weighted by atomic mass is 10.1. The molecule has 2 aromatic heterocycles. The second kappa shape index (κ2) is 9.51. The fraction of sp³-hybridized carbons (Fsp3) is 0.304. The van der Waals surface area contributed by atoms with Crippen LogP contribution in [0.1, 0.15) is 22.6 Å². The maximum Gasteiger partial charge on any atom is 0.239 e. The van der Waals surface area contributed by atoms with Gasteiger partial charge in [0.05, 0.1) is 36.1 Å². The van der Waals surface area contributed by atoms with E-state index in [4.69, 9.17) is 9.26 Å². The lowest BCUT2D eigenvalue weighted by molar-refractivity contribution is -0.120. The van der Waals surface area contributed by atoms with Gasteiger partial charge in [-0.2, -0.15) is 0 Å². The van der Waals surface area contributed by atoms with E-state index in [0.29, 0.717) is 37.0 Å². The first kappa shape index (κ1) is 21.4. The number of hydrogen-bond acceptors (Lipinski definition) is 7. The summed E-state index contributed by atoms with van der Waals surface area (Å²) < 4.78 is 10.9. The van der Waals surface area contributed by atoms with Crippen molar-refractivity contribution >= 4 is 23.3 Å². The normalized spacial score (nSPS) is 13.6. The second-order valence-corrected chi connectivity index (χ2v) is 7.64. The molecule has 2 amide bonds. The van der Waals surface area contributed by atoms with E-state index >= 15 is 0 Å². The number of amides is 2. The van der Waals surface area contributed by atoms with E-state index in [1.54, 1.807) is 18.3 Å². The zero-order chi connectivity index (χ0) is 22.5. The topological polar surface area (TPSA) is 110 Å². The minimum absolute atomic E-state index is 0.0180. The number of rotatable bonds is 7. The number of nitrogens with zero attached hydrogens (tertiary/aromatic N) is 3. The molecule has 0 spiro atoms. The molecule has 1 fully saturated rings. The van der Waals surface area contributed by atoms with Crippen LogP contribution in [-0.2, 0) is 22.6 Å². The highest BCUT2D eigenvalue weighted by Gasteiger charge is 2.17. The monoisotopic (exact) mass is 435 g/mol. The predicted octanol–water partition coefficient (Wildman–Crippen LogP) is 2.38. The molecular formula is C23H25N5O4. The van der Waals surface area contributed by atoms with Crippen molar-refractivity contribution in [3.05, 3.63) is 65.2 Å². The SMILES string of the molecule is Cc1noc(C)c1COc1ccc(CC(=O)Nc2ccc(N3CCNC(=O)C3)nc2)cc1.